The van der Waals surface area contributed by atoms with Crippen LogP contribution in [0.4, 0.5) is 0 Å². The van der Waals surface area contributed by atoms with E-state index in [1.807, 2.05) is 20.8 Å². The lowest BCUT2D eigenvalue weighted by molar-refractivity contribution is -0.0474. The van der Waals surface area contributed by atoms with Gasteiger partial charge in [-0.3, -0.25) is 0 Å². The smallest absolute Gasteiger partial charge is 0.0785 e. The van der Waals surface area contributed by atoms with Crippen molar-refractivity contribution in [3.63, 3.8) is 0 Å². The molecule has 0 aromatic heterocycles. The average Bonchev–Trinajstić information content (AvgIpc) is 2.05. The zero-order valence-electron chi connectivity index (χ0n) is 8.08. The van der Waals surface area contributed by atoms with Crippen molar-refractivity contribution >= 4 is 0 Å². The van der Waals surface area contributed by atoms with E-state index < -0.39 is 0 Å². The van der Waals surface area contributed by atoms with Crippen LogP contribution in [0.1, 0.15) is 20.8 Å². The normalized spacial score (nSPS) is 39.8. The molecule has 1 aliphatic rings. The first-order valence-electron chi connectivity index (χ1n) is 4.53. The largest absolute Gasteiger partial charge is 0.376 e. The van der Waals surface area contributed by atoms with Crippen LogP contribution in [-0.4, -0.2) is 38.1 Å². The second-order valence-corrected chi connectivity index (χ2v) is 3.44. The van der Waals surface area contributed by atoms with Crippen LogP contribution in [-0.2, 0) is 14.2 Å². The van der Waals surface area contributed by atoms with Gasteiger partial charge < -0.3 is 14.2 Å². The maximum absolute atomic E-state index is 5.57. The van der Waals surface area contributed by atoms with Gasteiger partial charge in [-0.2, -0.15) is 0 Å². The first-order valence-corrected chi connectivity index (χ1v) is 4.53. The predicted molar refractivity (Wildman–Crippen MR) is 46.2 cm³/mol. The molecule has 0 spiro atoms. The Morgan fingerprint density at radius 1 is 0.833 bits per heavy atom. The fraction of sp³-hybridized carbons (Fsp3) is 1.00. The van der Waals surface area contributed by atoms with Crippen molar-refractivity contribution in [1.82, 2.24) is 0 Å². The number of hydrogen-bond donors (Lipinski definition) is 0. The maximum atomic E-state index is 5.57. The third-order valence-electron chi connectivity index (χ3n) is 1.79. The summed E-state index contributed by atoms with van der Waals surface area (Å²) in [4.78, 5) is 0. The predicted octanol–water partition coefficient (Wildman–Crippen LogP) is 1.22. The number of hydrogen-bond acceptors (Lipinski definition) is 3. The Kier molecular flexibility index (Phi) is 3.98. The molecule has 1 rings (SSSR count). The van der Waals surface area contributed by atoms with Gasteiger partial charge in [0.2, 0.25) is 0 Å². The molecule has 3 unspecified atom stereocenters. The van der Waals surface area contributed by atoms with Gasteiger partial charge in [0.25, 0.3) is 0 Å². The zero-order valence-corrected chi connectivity index (χ0v) is 8.08. The van der Waals surface area contributed by atoms with Crippen LogP contribution in [0, 0.1) is 0 Å². The zero-order chi connectivity index (χ0) is 8.97. The average molecular weight is 174 g/mol. The fourth-order valence-corrected chi connectivity index (χ4v) is 1.22. The van der Waals surface area contributed by atoms with Crippen LogP contribution in [0.15, 0.2) is 0 Å². The topological polar surface area (TPSA) is 27.7 Å². The summed E-state index contributed by atoms with van der Waals surface area (Å²) in [5.74, 6) is 0. The molecule has 0 aromatic carbocycles. The SMILES string of the molecule is CC1COCC(C)OC(C)CO1. The summed E-state index contributed by atoms with van der Waals surface area (Å²) in [5.41, 5.74) is 0. The van der Waals surface area contributed by atoms with Gasteiger partial charge in [0.1, 0.15) is 0 Å². The molecule has 0 radical (unpaired) electrons. The molecule has 0 aliphatic carbocycles. The molecule has 0 amide bonds. The van der Waals surface area contributed by atoms with E-state index in [2.05, 4.69) is 0 Å². The first kappa shape index (κ1) is 9.96. The second-order valence-electron chi connectivity index (χ2n) is 3.44. The summed E-state index contributed by atoms with van der Waals surface area (Å²) in [6.45, 7) is 8.05. The van der Waals surface area contributed by atoms with E-state index >= 15 is 0 Å². The van der Waals surface area contributed by atoms with Gasteiger partial charge >= 0.3 is 0 Å². The lowest BCUT2D eigenvalue weighted by Gasteiger charge is -2.16. The quantitative estimate of drug-likeness (QED) is 0.552. The molecule has 72 valence electrons. The Morgan fingerprint density at radius 3 is 2.17 bits per heavy atom. The van der Waals surface area contributed by atoms with Crippen LogP contribution < -0.4 is 0 Å². The molecule has 0 saturated carbocycles. The lowest BCUT2D eigenvalue weighted by Crippen LogP contribution is -2.23. The minimum absolute atomic E-state index is 0.171. The fourth-order valence-electron chi connectivity index (χ4n) is 1.22. The highest BCUT2D eigenvalue weighted by Gasteiger charge is 2.14. The summed E-state index contributed by atoms with van der Waals surface area (Å²) < 4.78 is 16.4. The maximum Gasteiger partial charge on any atom is 0.0785 e. The van der Waals surface area contributed by atoms with Gasteiger partial charge in [-0.25, -0.2) is 0 Å². The Morgan fingerprint density at radius 2 is 1.42 bits per heavy atom. The molecule has 1 aliphatic heterocycles. The lowest BCUT2D eigenvalue weighted by atomic mass is 10.4. The van der Waals surface area contributed by atoms with Crippen molar-refractivity contribution < 1.29 is 14.2 Å². The molecule has 1 saturated heterocycles. The molecule has 3 atom stereocenters. The molecular weight excluding hydrogens is 156 g/mol. The van der Waals surface area contributed by atoms with E-state index in [0.717, 1.165) is 0 Å². The molecule has 0 N–H and O–H groups in total. The summed E-state index contributed by atoms with van der Waals surface area (Å²) in [5, 5.41) is 0. The highest BCUT2D eigenvalue weighted by atomic mass is 16.6. The highest BCUT2D eigenvalue weighted by molar-refractivity contribution is 4.59. The van der Waals surface area contributed by atoms with Gasteiger partial charge in [-0.1, -0.05) is 0 Å². The monoisotopic (exact) mass is 174 g/mol. The van der Waals surface area contributed by atoms with E-state index in [-0.39, 0.29) is 18.3 Å². The second kappa shape index (κ2) is 4.80. The Bertz CT molecular complexity index is 127. The summed E-state index contributed by atoms with van der Waals surface area (Å²) in [7, 11) is 0. The van der Waals surface area contributed by atoms with Gasteiger partial charge in [-0.05, 0) is 20.8 Å². The van der Waals surface area contributed by atoms with Gasteiger partial charge in [0, 0.05) is 0 Å². The van der Waals surface area contributed by atoms with Crippen LogP contribution in [0.5, 0.6) is 0 Å². The van der Waals surface area contributed by atoms with Crippen molar-refractivity contribution in [2.45, 2.75) is 39.1 Å². The third-order valence-corrected chi connectivity index (χ3v) is 1.79. The highest BCUT2D eigenvalue weighted by Crippen LogP contribution is 2.05. The summed E-state index contributed by atoms with van der Waals surface area (Å²) in [6, 6.07) is 0. The molecule has 1 fully saturated rings. The van der Waals surface area contributed by atoms with E-state index in [9.17, 15) is 0 Å². The molecule has 12 heavy (non-hydrogen) atoms. The first-order chi connectivity index (χ1) is 5.68. The van der Waals surface area contributed by atoms with Crippen LogP contribution >= 0.6 is 0 Å². The van der Waals surface area contributed by atoms with Crippen molar-refractivity contribution in [1.29, 1.82) is 0 Å². The number of rotatable bonds is 0. The van der Waals surface area contributed by atoms with E-state index in [1.54, 1.807) is 0 Å². The minimum atomic E-state index is 0.171. The van der Waals surface area contributed by atoms with Crippen molar-refractivity contribution in [3.05, 3.63) is 0 Å². The van der Waals surface area contributed by atoms with E-state index in [4.69, 9.17) is 14.2 Å². The van der Waals surface area contributed by atoms with Gasteiger partial charge in [0.15, 0.2) is 0 Å². The molecule has 3 nitrogen and oxygen atoms in total. The van der Waals surface area contributed by atoms with Crippen molar-refractivity contribution in [2.75, 3.05) is 19.8 Å². The third kappa shape index (κ3) is 3.52. The van der Waals surface area contributed by atoms with Gasteiger partial charge in [0.05, 0.1) is 38.1 Å². The van der Waals surface area contributed by atoms with E-state index in [1.165, 1.54) is 0 Å². The Hall–Kier alpha value is -0.120. The van der Waals surface area contributed by atoms with Crippen LogP contribution in [0.2, 0.25) is 0 Å². The van der Waals surface area contributed by atoms with Crippen molar-refractivity contribution in [3.8, 4) is 0 Å². The Balaban J connectivity index is 2.36. The van der Waals surface area contributed by atoms with Crippen molar-refractivity contribution in [2.24, 2.45) is 0 Å². The number of ether oxygens (including phenoxy) is 3. The molecule has 0 aromatic rings. The molecule has 0 bridgehead atoms. The molecule has 1 heterocycles. The van der Waals surface area contributed by atoms with Gasteiger partial charge in [-0.15, -0.1) is 0 Å². The van der Waals surface area contributed by atoms with Crippen LogP contribution in [0.3, 0.4) is 0 Å². The summed E-state index contributed by atoms with van der Waals surface area (Å²) >= 11 is 0. The molecular formula is C9H18O3. The van der Waals surface area contributed by atoms with E-state index in [0.29, 0.717) is 19.8 Å². The molecule has 3 heteroatoms. The standard InChI is InChI=1S/C9H18O3/c1-7-4-10-5-8(2)12-9(3)6-11-7/h7-9H,4-6H2,1-3H3. The van der Waals surface area contributed by atoms with Crippen LogP contribution in [0.25, 0.3) is 0 Å². The Labute approximate surface area is 74.0 Å². The summed E-state index contributed by atoms with van der Waals surface area (Å²) in [6.07, 6.45) is 0.527. The minimum Gasteiger partial charge on any atom is -0.376 e.